The van der Waals surface area contributed by atoms with E-state index >= 15 is 0 Å². The molecule has 0 aliphatic carbocycles. The highest BCUT2D eigenvalue weighted by Gasteiger charge is 2.07. The van der Waals surface area contributed by atoms with Crippen molar-refractivity contribution < 1.29 is 24.6 Å². The van der Waals surface area contributed by atoms with Crippen LogP contribution in [0.4, 0.5) is 0 Å². The van der Waals surface area contributed by atoms with Gasteiger partial charge in [-0.1, -0.05) is 57.8 Å². The number of unbranched alkanes of at least 4 members (excludes halogenated alkanes) is 10. The van der Waals surface area contributed by atoms with Gasteiger partial charge in [0.15, 0.2) is 0 Å². The molecule has 0 radical (unpaired) electrons. The third-order valence-electron chi connectivity index (χ3n) is 3.70. The fourth-order valence-corrected chi connectivity index (χ4v) is 2.37. The molecule has 6 heteroatoms. The first-order valence-corrected chi connectivity index (χ1v) is 8.27. The van der Waals surface area contributed by atoms with Crippen molar-refractivity contribution in [3.8, 4) is 0 Å². The molecule has 5 N–H and O–H groups in total. The lowest BCUT2D eigenvalue weighted by atomic mass is 10.0. The van der Waals surface area contributed by atoms with Gasteiger partial charge in [0.2, 0.25) is 0 Å². The zero-order valence-corrected chi connectivity index (χ0v) is 14.0. The number of carboxylic acids is 2. The smallest absolute Gasteiger partial charge is 0.342 e. The Kier molecular flexibility index (Phi) is 17.2. The summed E-state index contributed by atoms with van der Waals surface area (Å²) in [5.74, 6) is -0.382. The Morgan fingerprint density at radius 3 is 1.30 bits per heavy atom. The molecule has 0 aliphatic rings. The Labute approximate surface area is 138 Å². The van der Waals surface area contributed by atoms with Crippen LogP contribution in [0.1, 0.15) is 83.5 Å². The summed E-state index contributed by atoms with van der Waals surface area (Å²) in [5.41, 5.74) is -0.150. The van der Waals surface area contributed by atoms with Crippen molar-refractivity contribution in [2.75, 3.05) is 0 Å². The predicted octanol–water partition coefficient (Wildman–Crippen LogP) is 4.15. The maximum absolute atomic E-state index is 10.6. The van der Waals surface area contributed by atoms with Crippen LogP contribution >= 0.6 is 0 Å². The summed E-state index contributed by atoms with van der Waals surface area (Å²) >= 11 is 0. The molecule has 0 aliphatic heterocycles. The van der Waals surface area contributed by atoms with Crippen LogP contribution in [0, 0.1) is 0 Å². The number of carbonyl (C=O) groups excluding carboxylic acids is 1. The van der Waals surface area contributed by atoms with Crippen molar-refractivity contribution >= 4 is 17.9 Å². The van der Waals surface area contributed by atoms with E-state index in [0.29, 0.717) is 6.42 Å². The summed E-state index contributed by atoms with van der Waals surface area (Å²) in [6, 6.07) is 0. The Balaban J connectivity index is 0. The monoisotopic (exact) mass is 329 g/mol. The minimum atomic E-state index is -1.15. The number of rotatable bonds is 15. The molecular weight excluding hydrogens is 298 g/mol. The van der Waals surface area contributed by atoms with E-state index in [9.17, 15) is 14.4 Å². The third-order valence-corrected chi connectivity index (χ3v) is 3.70. The lowest BCUT2D eigenvalue weighted by Crippen LogP contribution is -2.01. The van der Waals surface area contributed by atoms with Crippen LogP contribution in [0.2, 0.25) is 0 Å². The molecule has 0 unspecified atom stereocenters. The lowest BCUT2D eigenvalue weighted by molar-refractivity contribution is -0.137. The second-order valence-electron chi connectivity index (χ2n) is 5.67. The van der Waals surface area contributed by atoms with E-state index in [4.69, 9.17) is 10.2 Å². The molecule has 0 amide bonds. The maximum Gasteiger partial charge on any atom is 0.342 e. The Hall–Kier alpha value is -1.65. The molecule has 0 atom stereocenters. The third kappa shape index (κ3) is 16.5. The van der Waals surface area contributed by atoms with E-state index in [0.717, 1.165) is 44.9 Å². The van der Waals surface area contributed by atoms with Gasteiger partial charge in [0.1, 0.15) is 11.5 Å². The molecule has 0 aromatic heterocycles. The van der Waals surface area contributed by atoms with Crippen molar-refractivity contribution in [1.82, 2.24) is 6.15 Å². The van der Waals surface area contributed by atoms with Gasteiger partial charge in [-0.25, -0.2) is 9.59 Å². The van der Waals surface area contributed by atoms with E-state index in [1.54, 1.807) is 0 Å². The maximum atomic E-state index is 10.6. The summed E-state index contributed by atoms with van der Waals surface area (Å²) in [4.78, 5) is 31.2. The van der Waals surface area contributed by atoms with Gasteiger partial charge in [-0.2, -0.15) is 0 Å². The van der Waals surface area contributed by atoms with Gasteiger partial charge in [0, 0.05) is 6.42 Å². The zero-order chi connectivity index (χ0) is 16.6. The molecule has 0 saturated carbocycles. The van der Waals surface area contributed by atoms with Crippen LogP contribution in [0.25, 0.3) is 0 Å². The zero-order valence-electron chi connectivity index (χ0n) is 14.0. The van der Waals surface area contributed by atoms with Crippen molar-refractivity contribution in [2.45, 2.75) is 83.5 Å². The van der Waals surface area contributed by atoms with E-state index in [1.807, 2.05) is 0 Å². The van der Waals surface area contributed by atoms with E-state index in [1.165, 1.54) is 31.6 Å². The number of hydrogen-bond acceptors (Lipinski definition) is 4. The summed E-state index contributed by atoms with van der Waals surface area (Å²) < 4.78 is 0. The van der Waals surface area contributed by atoms with E-state index in [-0.39, 0.29) is 18.1 Å². The molecule has 23 heavy (non-hydrogen) atoms. The summed E-state index contributed by atoms with van der Waals surface area (Å²) in [6.07, 6.45) is 12.2. The van der Waals surface area contributed by atoms with E-state index < -0.39 is 11.9 Å². The molecule has 0 fully saturated rings. The first-order valence-electron chi connectivity index (χ1n) is 8.27. The average Bonchev–Trinajstić information content (AvgIpc) is 2.47. The lowest BCUT2D eigenvalue weighted by Gasteiger charge is -2.02. The molecule has 0 saturated heterocycles. The molecule has 0 spiro atoms. The van der Waals surface area contributed by atoms with Gasteiger partial charge >= 0.3 is 11.9 Å². The van der Waals surface area contributed by atoms with Crippen molar-refractivity contribution in [2.24, 2.45) is 0 Å². The quantitative estimate of drug-likeness (QED) is 0.235. The van der Waals surface area contributed by atoms with Gasteiger partial charge in [-0.3, -0.25) is 4.79 Å². The summed E-state index contributed by atoms with van der Waals surface area (Å²) in [7, 11) is 0. The normalized spacial score (nSPS) is 9.74. The summed E-state index contributed by atoms with van der Waals surface area (Å²) in [5, 5.41) is 17.1. The van der Waals surface area contributed by atoms with Gasteiger partial charge in [-0.05, 0) is 19.3 Å². The molecule has 6 nitrogen and oxygen atoms in total. The second-order valence-corrected chi connectivity index (χ2v) is 5.67. The van der Waals surface area contributed by atoms with Crippen LogP contribution in [-0.4, -0.2) is 28.1 Å². The first kappa shape index (κ1) is 23.6. The van der Waals surface area contributed by atoms with Crippen LogP contribution in [-0.2, 0) is 14.4 Å². The Bertz CT molecular complexity index is 375. The number of carbonyl (C=O) groups is 2. The van der Waals surface area contributed by atoms with Crippen LogP contribution < -0.4 is 6.15 Å². The van der Waals surface area contributed by atoms with Gasteiger partial charge in [0.05, 0.1) is 0 Å². The van der Waals surface area contributed by atoms with Crippen molar-refractivity contribution in [3.05, 3.63) is 5.57 Å². The highest BCUT2D eigenvalue weighted by atomic mass is 16.4. The fourth-order valence-electron chi connectivity index (χ4n) is 2.37. The molecular formula is C17H31NO5. The van der Waals surface area contributed by atoms with Gasteiger partial charge < -0.3 is 16.4 Å². The minimum Gasteiger partial charge on any atom is -0.481 e. The van der Waals surface area contributed by atoms with E-state index in [2.05, 4.69) is 0 Å². The molecule has 0 rings (SSSR count). The summed E-state index contributed by atoms with van der Waals surface area (Å²) in [6.45, 7) is 0. The number of hydrogen-bond donors (Lipinski definition) is 3. The molecule has 0 aromatic rings. The van der Waals surface area contributed by atoms with Crippen LogP contribution in [0.15, 0.2) is 5.57 Å². The van der Waals surface area contributed by atoms with Gasteiger partial charge in [-0.15, -0.1) is 0 Å². The largest absolute Gasteiger partial charge is 0.481 e. The fraction of sp³-hybridized carbons (Fsp3) is 0.765. The molecule has 0 heterocycles. The topological polar surface area (TPSA) is 127 Å². The molecule has 0 aromatic carbocycles. The highest BCUT2D eigenvalue weighted by molar-refractivity contribution is 5.95. The Morgan fingerprint density at radius 1 is 0.652 bits per heavy atom. The van der Waals surface area contributed by atoms with Crippen LogP contribution in [0.3, 0.4) is 0 Å². The highest BCUT2D eigenvalue weighted by Crippen LogP contribution is 2.13. The molecule has 0 bridgehead atoms. The predicted molar refractivity (Wildman–Crippen MR) is 89.5 cm³/mol. The SMILES string of the molecule is N.O=C=C(CCCCCCCCCCCCCC(=O)O)C(=O)O. The second kappa shape index (κ2) is 16.7. The van der Waals surface area contributed by atoms with Crippen molar-refractivity contribution in [1.29, 1.82) is 0 Å². The van der Waals surface area contributed by atoms with Gasteiger partial charge in [0.25, 0.3) is 0 Å². The minimum absolute atomic E-state index is 0. The molecule has 134 valence electrons. The Morgan fingerprint density at radius 2 is 1.00 bits per heavy atom. The number of carboxylic acid groups (broad SMARTS) is 2. The van der Waals surface area contributed by atoms with Crippen LogP contribution in [0.5, 0.6) is 0 Å². The standard InChI is InChI=1S/C17H28O5.H3N/c18-14-15(17(21)22)12-10-8-6-4-2-1-3-5-7-9-11-13-16(19)20;/h1-13H2,(H,19,20)(H,21,22);1H3. The van der Waals surface area contributed by atoms with Crippen molar-refractivity contribution in [3.63, 3.8) is 0 Å². The average molecular weight is 329 g/mol. The number of aliphatic carboxylic acids is 2. The first-order chi connectivity index (χ1) is 10.6.